The summed E-state index contributed by atoms with van der Waals surface area (Å²) in [4.78, 5) is 0. The Balaban J connectivity index is 2.63. The van der Waals surface area contributed by atoms with Gasteiger partial charge in [-0.1, -0.05) is 19.1 Å². The van der Waals surface area contributed by atoms with Gasteiger partial charge in [0.05, 0.1) is 0 Å². The number of aliphatic hydroxyl groups is 1. The molecule has 1 aromatic carbocycles. The first-order valence-electron chi connectivity index (χ1n) is 5.64. The van der Waals surface area contributed by atoms with Gasteiger partial charge in [-0.25, -0.2) is 0 Å². The van der Waals surface area contributed by atoms with Gasteiger partial charge in [0, 0.05) is 0 Å². The summed E-state index contributed by atoms with van der Waals surface area (Å²) in [6.45, 7) is 7.45. The number of benzene rings is 1. The average Bonchev–Trinajstić information content (AvgIpc) is 2.14. The molecule has 0 fully saturated rings. The fourth-order valence-electron chi connectivity index (χ4n) is 1.46. The zero-order valence-electron chi connectivity index (χ0n) is 10.4. The lowest BCUT2D eigenvalue weighted by Crippen LogP contribution is -2.48. The predicted molar refractivity (Wildman–Crippen MR) is 65.3 cm³/mol. The molecule has 0 heterocycles. The van der Waals surface area contributed by atoms with Crippen molar-refractivity contribution in [3.05, 3.63) is 29.8 Å². The monoisotopic (exact) mass is 223 g/mol. The zero-order chi connectivity index (χ0) is 12.2. The third-order valence-corrected chi connectivity index (χ3v) is 2.15. The van der Waals surface area contributed by atoms with E-state index in [2.05, 4.69) is 5.32 Å². The molecule has 1 rings (SSSR count). The maximum Gasteiger partial charge on any atom is 0.152 e. The molecule has 16 heavy (non-hydrogen) atoms. The first kappa shape index (κ1) is 13.0. The van der Waals surface area contributed by atoms with E-state index in [1.807, 2.05) is 38.1 Å². The van der Waals surface area contributed by atoms with Crippen molar-refractivity contribution in [2.45, 2.75) is 46.1 Å². The molecule has 90 valence electrons. The topological polar surface area (TPSA) is 41.5 Å². The minimum absolute atomic E-state index is 0.179. The lowest BCUT2D eigenvalue weighted by molar-refractivity contribution is -0.0110. The van der Waals surface area contributed by atoms with Gasteiger partial charge in [-0.05, 0) is 44.9 Å². The van der Waals surface area contributed by atoms with Gasteiger partial charge in [0.1, 0.15) is 11.5 Å². The van der Waals surface area contributed by atoms with Crippen molar-refractivity contribution in [2.75, 3.05) is 0 Å². The molecule has 3 heteroatoms. The molecule has 0 unspecified atom stereocenters. The maximum atomic E-state index is 9.66. The van der Waals surface area contributed by atoms with Crippen molar-refractivity contribution < 1.29 is 9.84 Å². The molecule has 3 nitrogen and oxygen atoms in total. The predicted octanol–water partition coefficient (Wildman–Crippen LogP) is 2.43. The van der Waals surface area contributed by atoms with E-state index in [-0.39, 0.29) is 6.23 Å². The van der Waals surface area contributed by atoms with Crippen LogP contribution in [0.5, 0.6) is 5.75 Å². The molecular formula is C13H21NO2. The van der Waals surface area contributed by atoms with Crippen LogP contribution in [-0.4, -0.2) is 17.1 Å². The van der Waals surface area contributed by atoms with Crippen molar-refractivity contribution in [2.24, 2.45) is 0 Å². The molecule has 0 aliphatic carbocycles. The first-order chi connectivity index (χ1) is 7.40. The lowest BCUT2D eigenvalue weighted by atomic mass is 10.2. The molecule has 2 N–H and O–H groups in total. The van der Waals surface area contributed by atoms with E-state index in [4.69, 9.17) is 4.74 Å². The minimum Gasteiger partial charge on any atom is -0.475 e. The summed E-state index contributed by atoms with van der Waals surface area (Å²) < 4.78 is 5.75. The second-order valence-electron chi connectivity index (χ2n) is 4.53. The van der Waals surface area contributed by atoms with E-state index < -0.39 is 5.72 Å². The molecule has 1 atom stereocenters. The van der Waals surface area contributed by atoms with Gasteiger partial charge in [-0.3, -0.25) is 5.32 Å². The van der Waals surface area contributed by atoms with Crippen molar-refractivity contribution >= 4 is 0 Å². The lowest BCUT2D eigenvalue weighted by Gasteiger charge is -2.27. The van der Waals surface area contributed by atoms with E-state index in [9.17, 15) is 5.11 Å². The van der Waals surface area contributed by atoms with Gasteiger partial charge in [0.2, 0.25) is 0 Å². The standard InChI is InChI=1S/C13H21NO2/c1-5-12(14-13(3,4)15)16-11-8-6-7-10(2)9-11/h6-9,12,14-15H,5H2,1-4H3/t12-/m1/s1. The number of hydrogen-bond acceptors (Lipinski definition) is 3. The molecule has 0 bridgehead atoms. The van der Waals surface area contributed by atoms with Crippen LogP contribution >= 0.6 is 0 Å². The molecule has 0 aliphatic rings. The van der Waals surface area contributed by atoms with Gasteiger partial charge in [0.15, 0.2) is 6.23 Å². The van der Waals surface area contributed by atoms with Crippen LogP contribution in [-0.2, 0) is 0 Å². The van der Waals surface area contributed by atoms with Gasteiger partial charge in [0.25, 0.3) is 0 Å². The summed E-state index contributed by atoms with van der Waals surface area (Å²) in [5.74, 6) is 0.823. The number of nitrogens with one attached hydrogen (secondary N) is 1. The molecule has 0 aliphatic heterocycles. The largest absolute Gasteiger partial charge is 0.475 e. The van der Waals surface area contributed by atoms with Crippen LogP contribution in [0.1, 0.15) is 32.8 Å². The highest BCUT2D eigenvalue weighted by Crippen LogP contribution is 2.15. The quantitative estimate of drug-likeness (QED) is 0.753. The SMILES string of the molecule is CC[C@H](NC(C)(C)O)Oc1cccc(C)c1. The second-order valence-corrected chi connectivity index (χ2v) is 4.53. The highest BCUT2D eigenvalue weighted by molar-refractivity contribution is 5.27. The Labute approximate surface area is 97.4 Å². The van der Waals surface area contributed by atoms with Crippen LogP contribution in [0.2, 0.25) is 0 Å². The summed E-state index contributed by atoms with van der Waals surface area (Å²) in [6.07, 6.45) is 0.611. The van der Waals surface area contributed by atoms with E-state index in [1.165, 1.54) is 0 Å². The third kappa shape index (κ3) is 4.64. The fourth-order valence-corrected chi connectivity index (χ4v) is 1.46. The molecule has 0 amide bonds. The molecule has 0 saturated carbocycles. The van der Waals surface area contributed by atoms with Crippen LogP contribution < -0.4 is 10.1 Å². The van der Waals surface area contributed by atoms with Gasteiger partial charge >= 0.3 is 0 Å². The van der Waals surface area contributed by atoms with Crippen LogP contribution in [0.25, 0.3) is 0 Å². The highest BCUT2D eigenvalue weighted by Gasteiger charge is 2.18. The number of rotatable bonds is 5. The zero-order valence-corrected chi connectivity index (χ0v) is 10.4. The average molecular weight is 223 g/mol. The van der Waals surface area contributed by atoms with Crippen molar-refractivity contribution in [3.63, 3.8) is 0 Å². The van der Waals surface area contributed by atoms with Gasteiger partial charge in [-0.2, -0.15) is 0 Å². The smallest absolute Gasteiger partial charge is 0.152 e. The number of ether oxygens (including phenoxy) is 1. The summed E-state index contributed by atoms with van der Waals surface area (Å²) in [7, 11) is 0. The van der Waals surface area contributed by atoms with E-state index >= 15 is 0 Å². The van der Waals surface area contributed by atoms with Crippen LogP contribution in [0.15, 0.2) is 24.3 Å². The summed E-state index contributed by atoms with van der Waals surface area (Å²) in [5.41, 5.74) is 0.237. The first-order valence-corrected chi connectivity index (χ1v) is 5.64. The summed E-state index contributed by atoms with van der Waals surface area (Å²) in [5, 5.41) is 12.7. The van der Waals surface area contributed by atoms with Crippen molar-refractivity contribution in [1.82, 2.24) is 5.32 Å². The summed E-state index contributed by atoms with van der Waals surface area (Å²) >= 11 is 0. The fraction of sp³-hybridized carbons (Fsp3) is 0.538. The second kappa shape index (κ2) is 5.32. The van der Waals surface area contributed by atoms with E-state index in [0.717, 1.165) is 17.7 Å². The Bertz CT molecular complexity index is 331. The summed E-state index contributed by atoms with van der Waals surface area (Å²) in [6, 6.07) is 7.88. The Morgan fingerprint density at radius 1 is 1.44 bits per heavy atom. The van der Waals surface area contributed by atoms with Crippen molar-refractivity contribution in [3.8, 4) is 5.75 Å². The van der Waals surface area contributed by atoms with Gasteiger partial charge < -0.3 is 9.84 Å². The van der Waals surface area contributed by atoms with Gasteiger partial charge in [-0.15, -0.1) is 0 Å². The Kier molecular flexibility index (Phi) is 4.33. The molecular weight excluding hydrogens is 202 g/mol. The molecule has 0 spiro atoms. The Hall–Kier alpha value is -1.06. The van der Waals surface area contributed by atoms with E-state index in [1.54, 1.807) is 13.8 Å². The van der Waals surface area contributed by atoms with Crippen LogP contribution in [0, 0.1) is 6.92 Å². The normalized spacial score (nSPS) is 13.6. The molecule has 0 radical (unpaired) electrons. The molecule has 0 saturated heterocycles. The van der Waals surface area contributed by atoms with E-state index in [0.29, 0.717) is 0 Å². The van der Waals surface area contributed by atoms with Crippen molar-refractivity contribution in [1.29, 1.82) is 0 Å². The highest BCUT2D eigenvalue weighted by atomic mass is 16.5. The maximum absolute atomic E-state index is 9.66. The third-order valence-electron chi connectivity index (χ3n) is 2.15. The Morgan fingerprint density at radius 2 is 2.12 bits per heavy atom. The van der Waals surface area contributed by atoms with Crippen LogP contribution in [0.3, 0.4) is 0 Å². The molecule has 0 aromatic heterocycles. The molecule has 1 aromatic rings. The Morgan fingerprint density at radius 3 is 2.62 bits per heavy atom. The minimum atomic E-state index is -0.926. The van der Waals surface area contributed by atoms with Crippen LogP contribution in [0.4, 0.5) is 0 Å². The number of aryl methyl sites for hydroxylation is 1. The number of hydrogen-bond donors (Lipinski definition) is 2.